The van der Waals surface area contributed by atoms with Crippen molar-refractivity contribution >= 4 is 23.0 Å². The maximum absolute atomic E-state index is 11.8. The number of hydrazone groups is 1. The van der Waals surface area contributed by atoms with Gasteiger partial charge in [-0.25, -0.2) is 5.43 Å². The van der Waals surface area contributed by atoms with Gasteiger partial charge in [0, 0.05) is 22.2 Å². The van der Waals surface area contributed by atoms with Crippen LogP contribution in [0.1, 0.15) is 16.8 Å². The first-order valence-corrected chi connectivity index (χ1v) is 7.69. The first-order chi connectivity index (χ1) is 12.2. The Labute approximate surface area is 144 Å². The molecule has 0 bridgehead atoms. The van der Waals surface area contributed by atoms with Gasteiger partial charge in [-0.3, -0.25) is 4.79 Å². The summed E-state index contributed by atoms with van der Waals surface area (Å²) in [4.78, 5) is 15.1. The summed E-state index contributed by atoms with van der Waals surface area (Å²) in [6, 6.07) is 16.5. The van der Waals surface area contributed by atoms with Gasteiger partial charge in [0.1, 0.15) is 5.75 Å². The van der Waals surface area contributed by atoms with Crippen LogP contribution in [0.4, 0.5) is 0 Å². The zero-order chi connectivity index (χ0) is 17.6. The number of fused-ring (bicyclic) bond motifs is 1. The van der Waals surface area contributed by atoms with E-state index in [1.54, 1.807) is 30.5 Å². The number of nitriles is 1. The van der Waals surface area contributed by atoms with Gasteiger partial charge < -0.3 is 9.72 Å². The molecule has 6 nitrogen and oxygen atoms in total. The number of carbonyl (C=O) groups excluding carboxylic acids is 1. The van der Waals surface area contributed by atoms with Crippen molar-refractivity contribution in [2.75, 3.05) is 6.61 Å². The van der Waals surface area contributed by atoms with Crippen molar-refractivity contribution in [2.24, 2.45) is 5.10 Å². The molecule has 3 rings (SSSR count). The van der Waals surface area contributed by atoms with E-state index in [0.717, 1.165) is 22.2 Å². The van der Waals surface area contributed by atoms with Gasteiger partial charge in [0.05, 0.1) is 17.8 Å². The molecule has 124 valence electrons. The second kappa shape index (κ2) is 7.32. The van der Waals surface area contributed by atoms with E-state index >= 15 is 0 Å². The molecular formula is C19H16N4O2. The minimum atomic E-state index is -0.363. The molecule has 0 radical (unpaired) electrons. The van der Waals surface area contributed by atoms with Crippen LogP contribution in [0.3, 0.4) is 0 Å². The summed E-state index contributed by atoms with van der Waals surface area (Å²) in [5.41, 5.74) is 5.92. The molecule has 0 atom stereocenters. The summed E-state index contributed by atoms with van der Waals surface area (Å²) in [6.07, 6.45) is 1.62. The van der Waals surface area contributed by atoms with Gasteiger partial charge in [-0.15, -0.1) is 0 Å². The zero-order valence-electron chi connectivity index (χ0n) is 13.6. The van der Waals surface area contributed by atoms with Crippen molar-refractivity contribution in [3.05, 3.63) is 65.4 Å². The van der Waals surface area contributed by atoms with Crippen LogP contribution in [0, 0.1) is 18.3 Å². The molecule has 0 fully saturated rings. The SMILES string of the molecule is Cc1[nH]c2ccccc2c1/C=N/NC(=O)COc1ccc(C#N)cc1. The fourth-order valence-corrected chi connectivity index (χ4v) is 2.44. The quantitative estimate of drug-likeness (QED) is 0.556. The Morgan fingerprint density at radius 3 is 2.80 bits per heavy atom. The summed E-state index contributed by atoms with van der Waals surface area (Å²) >= 11 is 0. The van der Waals surface area contributed by atoms with E-state index < -0.39 is 0 Å². The maximum Gasteiger partial charge on any atom is 0.277 e. The lowest BCUT2D eigenvalue weighted by Gasteiger charge is -2.04. The highest BCUT2D eigenvalue weighted by molar-refractivity contribution is 6.00. The van der Waals surface area contributed by atoms with Gasteiger partial charge >= 0.3 is 0 Å². The van der Waals surface area contributed by atoms with E-state index in [1.165, 1.54) is 0 Å². The molecular weight excluding hydrogens is 316 g/mol. The van der Waals surface area contributed by atoms with Crippen molar-refractivity contribution in [1.82, 2.24) is 10.4 Å². The third-order valence-corrected chi connectivity index (χ3v) is 3.68. The van der Waals surface area contributed by atoms with Gasteiger partial charge in [-0.2, -0.15) is 10.4 Å². The van der Waals surface area contributed by atoms with Crippen LogP contribution in [0.2, 0.25) is 0 Å². The molecule has 2 N–H and O–H groups in total. The molecule has 3 aromatic rings. The molecule has 2 aromatic carbocycles. The predicted octanol–water partition coefficient (Wildman–Crippen LogP) is 2.88. The summed E-state index contributed by atoms with van der Waals surface area (Å²) < 4.78 is 5.35. The second-order valence-corrected chi connectivity index (χ2v) is 5.43. The minimum Gasteiger partial charge on any atom is -0.484 e. The zero-order valence-corrected chi connectivity index (χ0v) is 13.6. The molecule has 0 spiro atoms. The molecule has 1 heterocycles. The van der Waals surface area contributed by atoms with Crippen LogP contribution in [0.25, 0.3) is 10.9 Å². The predicted molar refractivity (Wildman–Crippen MR) is 95.4 cm³/mol. The van der Waals surface area contributed by atoms with E-state index in [-0.39, 0.29) is 12.5 Å². The molecule has 25 heavy (non-hydrogen) atoms. The van der Waals surface area contributed by atoms with Gasteiger partial charge in [0.25, 0.3) is 5.91 Å². The highest BCUT2D eigenvalue weighted by Gasteiger charge is 2.06. The van der Waals surface area contributed by atoms with E-state index in [1.807, 2.05) is 37.3 Å². The first-order valence-electron chi connectivity index (χ1n) is 7.69. The summed E-state index contributed by atoms with van der Waals surface area (Å²) in [5.74, 6) is 0.156. The maximum atomic E-state index is 11.8. The Morgan fingerprint density at radius 2 is 2.04 bits per heavy atom. The molecule has 0 saturated carbocycles. The number of aromatic nitrogens is 1. The standard InChI is InChI=1S/C19H16N4O2/c1-13-17(16-4-2-3-5-18(16)22-13)11-21-23-19(24)12-25-15-8-6-14(10-20)7-9-15/h2-9,11,22H,12H2,1H3,(H,23,24)/b21-11+. The van der Waals surface area contributed by atoms with Gasteiger partial charge in [0.2, 0.25) is 0 Å². The summed E-state index contributed by atoms with van der Waals surface area (Å²) in [6.45, 7) is 1.80. The first kappa shape index (κ1) is 16.3. The highest BCUT2D eigenvalue weighted by atomic mass is 16.5. The van der Waals surface area contributed by atoms with E-state index in [2.05, 4.69) is 15.5 Å². The molecule has 6 heteroatoms. The van der Waals surface area contributed by atoms with Gasteiger partial charge in [-0.05, 0) is 37.3 Å². The number of ether oxygens (including phenoxy) is 1. The Morgan fingerprint density at radius 1 is 1.28 bits per heavy atom. The monoisotopic (exact) mass is 332 g/mol. The average Bonchev–Trinajstić information content (AvgIpc) is 2.96. The van der Waals surface area contributed by atoms with Crippen LogP contribution in [0.15, 0.2) is 53.6 Å². The molecule has 0 aliphatic heterocycles. The van der Waals surface area contributed by atoms with Crippen LogP contribution < -0.4 is 10.2 Å². The third kappa shape index (κ3) is 3.85. The lowest BCUT2D eigenvalue weighted by atomic mass is 10.1. The number of amides is 1. The number of nitrogens with one attached hydrogen (secondary N) is 2. The van der Waals surface area contributed by atoms with Gasteiger partial charge in [-0.1, -0.05) is 18.2 Å². The molecule has 0 saturated heterocycles. The summed E-state index contributed by atoms with van der Waals surface area (Å²) in [7, 11) is 0. The number of rotatable bonds is 5. The van der Waals surface area contributed by atoms with Crippen molar-refractivity contribution in [2.45, 2.75) is 6.92 Å². The van der Waals surface area contributed by atoms with E-state index in [9.17, 15) is 4.79 Å². The van der Waals surface area contributed by atoms with Crippen molar-refractivity contribution in [3.63, 3.8) is 0 Å². The Bertz CT molecular complexity index is 965. The average molecular weight is 332 g/mol. The minimum absolute atomic E-state index is 0.157. The fourth-order valence-electron chi connectivity index (χ4n) is 2.44. The Hall–Kier alpha value is -3.59. The molecule has 1 aromatic heterocycles. The number of aryl methyl sites for hydroxylation is 1. The van der Waals surface area contributed by atoms with Gasteiger partial charge in [0.15, 0.2) is 6.61 Å². The number of nitrogens with zero attached hydrogens (tertiary/aromatic N) is 2. The number of para-hydroxylation sites is 1. The second-order valence-electron chi connectivity index (χ2n) is 5.43. The number of H-pyrrole nitrogens is 1. The fraction of sp³-hybridized carbons (Fsp3) is 0.105. The third-order valence-electron chi connectivity index (χ3n) is 3.68. The Kier molecular flexibility index (Phi) is 4.77. The van der Waals surface area contributed by atoms with E-state index in [4.69, 9.17) is 10.00 Å². The molecule has 1 amide bonds. The number of carbonyl (C=O) groups is 1. The Balaban J connectivity index is 1.57. The smallest absolute Gasteiger partial charge is 0.277 e. The lowest BCUT2D eigenvalue weighted by molar-refractivity contribution is -0.123. The largest absolute Gasteiger partial charge is 0.484 e. The topological polar surface area (TPSA) is 90.3 Å². The van der Waals surface area contributed by atoms with Crippen LogP contribution in [0.5, 0.6) is 5.75 Å². The number of hydrogen-bond donors (Lipinski definition) is 2. The molecule has 0 aliphatic carbocycles. The van der Waals surface area contributed by atoms with Crippen LogP contribution in [-0.4, -0.2) is 23.7 Å². The normalized spacial score (nSPS) is 10.7. The number of aromatic amines is 1. The molecule has 0 unspecified atom stereocenters. The lowest BCUT2D eigenvalue weighted by Crippen LogP contribution is -2.24. The number of hydrogen-bond acceptors (Lipinski definition) is 4. The summed E-state index contributed by atoms with van der Waals surface area (Å²) in [5, 5.41) is 13.8. The van der Waals surface area contributed by atoms with Crippen molar-refractivity contribution in [1.29, 1.82) is 5.26 Å². The van der Waals surface area contributed by atoms with Crippen molar-refractivity contribution in [3.8, 4) is 11.8 Å². The van der Waals surface area contributed by atoms with E-state index in [0.29, 0.717) is 11.3 Å². The molecule has 0 aliphatic rings. The van der Waals surface area contributed by atoms with Crippen molar-refractivity contribution < 1.29 is 9.53 Å². The van der Waals surface area contributed by atoms with Crippen LogP contribution in [-0.2, 0) is 4.79 Å². The van der Waals surface area contributed by atoms with Crippen LogP contribution >= 0.6 is 0 Å². The highest BCUT2D eigenvalue weighted by Crippen LogP contribution is 2.19. The number of benzene rings is 2.